The predicted molar refractivity (Wildman–Crippen MR) is 96.6 cm³/mol. The number of rotatable bonds is 4. The average Bonchev–Trinajstić information content (AvgIpc) is 2.62. The number of nitrogens with zero attached hydrogens (tertiary/aromatic N) is 2. The third-order valence-electron chi connectivity index (χ3n) is 4.04. The summed E-state index contributed by atoms with van der Waals surface area (Å²) >= 11 is 0. The minimum Gasteiger partial charge on any atom is -0.502 e. The summed E-state index contributed by atoms with van der Waals surface area (Å²) in [5.41, 5.74) is -0.0791. The number of aromatic hydroxyl groups is 2. The van der Waals surface area contributed by atoms with Crippen LogP contribution < -0.4 is 5.56 Å². The Bertz CT molecular complexity index is 1120. The number of pyridine rings is 1. The fourth-order valence-corrected chi connectivity index (χ4v) is 2.62. The van der Waals surface area contributed by atoms with Gasteiger partial charge in [-0.05, 0) is 37.3 Å². The molecule has 0 amide bonds. The Hall–Kier alpha value is -3.94. The van der Waals surface area contributed by atoms with Crippen LogP contribution in [0.2, 0.25) is 0 Å². The number of benzene rings is 2. The second-order valence-electron chi connectivity index (χ2n) is 5.88. The van der Waals surface area contributed by atoms with Gasteiger partial charge in [-0.3, -0.25) is 24.3 Å². The zero-order chi connectivity index (χ0) is 19.7. The van der Waals surface area contributed by atoms with Crippen LogP contribution in [0.1, 0.15) is 21.5 Å². The predicted octanol–water partition coefficient (Wildman–Crippen LogP) is 2.70. The van der Waals surface area contributed by atoms with Gasteiger partial charge in [-0.2, -0.15) is 0 Å². The van der Waals surface area contributed by atoms with Crippen LogP contribution in [0.25, 0.3) is 5.69 Å². The van der Waals surface area contributed by atoms with E-state index in [-0.39, 0.29) is 16.7 Å². The third kappa shape index (κ3) is 3.28. The van der Waals surface area contributed by atoms with Crippen molar-refractivity contribution in [3.8, 4) is 17.2 Å². The van der Waals surface area contributed by atoms with Crippen LogP contribution in [-0.2, 0) is 0 Å². The van der Waals surface area contributed by atoms with E-state index in [1.807, 2.05) is 19.1 Å². The molecule has 0 spiro atoms. The van der Waals surface area contributed by atoms with Crippen molar-refractivity contribution in [2.75, 3.05) is 0 Å². The van der Waals surface area contributed by atoms with E-state index in [0.29, 0.717) is 5.69 Å². The van der Waals surface area contributed by atoms with E-state index >= 15 is 0 Å². The number of nitro benzene ring substituents is 1. The smallest absolute Gasteiger partial charge is 0.352 e. The maximum absolute atomic E-state index is 12.7. The Balaban J connectivity index is 2.10. The highest BCUT2D eigenvalue weighted by Gasteiger charge is 2.26. The summed E-state index contributed by atoms with van der Waals surface area (Å²) in [5, 5.41) is 30.6. The molecule has 0 atom stereocenters. The summed E-state index contributed by atoms with van der Waals surface area (Å²) in [6.07, 6.45) is 1.30. The molecular formula is C19H14N2O6. The number of carbonyl (C=O) groups excluding carboxylic acids is 1. The molecule has 1 aromatic heterocycles. The second-order valence-corrected chi connectivity index (χ2v) is 5.88. The van der Waals surface area contributed by atoms with Crippen molar-refractivity contribution in [1.29, 1.82) is 0 Å². The molecule has 8 heteroatoms. The van der Waals surface area contributed by atoms with Gasteiger partial charge in [0.2, 0.25) is 5.75 Å². The summed E-state index contributed by atoms with van der Waals surface area (Å²) in [4.78, 5) is 34.9. The molecule has 0 unspecified atom stereocenters. The van der Waals surface area contributed by atoms with E-state index in [1.165, 1.54) is 22.9 Å². The minimum absolute atomic E-state index is 0.0467. The normalized spacial score (nSPS) is 10.6. The molecule has 0 aliphatic carbocycles. The minimum atomic E-state index is -0.978. The van der Waals surface area contributed by atoms with E-state index in [4.69, 9.17) is 0 Å². The molecule has 0 radical (unpaired) electrons. The van der Waals surface area contributed by atoms with Crippen molar-refractivity contribution in [2.24, 2.45) is 0 Å². The van der Waals surface area contributed by atoms with Crippen molar-refractivity contribution >= 4 is 11.5 Å². The largest absolute Gasteiger partial charge is 0.502 e. The van der Waals surface area contributed by atoms with Gasteiger partial charge in [-0.25, -0.2) is 0 Å². The SMILES string of the molecule is Cc1ccc(-n2cc(C(=O)c3ccc(O)c([N+](=O)[O-])c3O)ccc2=O)cc1. The number of aromatic nitrogens is 1. The van der Waals surface area contributed by atoms with E-state index in [0.717, 1.165) is 17.7 Å². The number of ketones is 1. The maximum atomic E-state index is 12.7. The molecule has 136 valence electrons. The number of aryl methyl sites for hydroxylation is 1. The summed E-state index contributed by atoms with van der Waals surface area (Å²) in [6.45, 7) is 1.90. The first kappa shape index (κ1) is 17.9. The van der Waals surface area contributed by atoms with Crippen molar-refractivity contribution in [3.05, 3.63) is 91.9 Å². The molecule has 2 N–H and O–H groups in total. The van der Waals surface area contributed by atoms with E-state index in [9.17, 15) is 29.9 Å². The Morgan fingerprint density at radius 2 is 1.70 bits per heavy atom. The Kier molecular flexibility index (Phi) is 4.47. The van der Waals surface area contributed by atoms with Crippen molar-refractivity contribution < 1.29 is 19.9 Å². The first-order chi connectivity index (χ1) is 12.8. The fraction of sp³-hybridized carbons (Fsp3) is 0.0526. The number of hydrogen-bond acceptors (Lipinski definition) is 6. The highest BCUT2D eigenvalue weighted by atomic mass is 16.6. The molecule has 0 aliphatic rings. The molecule has 3 aromatic rings. The number of nitro groups is 1. The topological polar surface area (TPSA) is 123 Å². The number of phenols is 2. The zero-order valence-corrected chi connectivity index (χ0v) is 14.1. The molecule has 2 aromatic carbocycles. The lowest BCUT2D eigenvalue weighted by Crippen LogP contribution is -2.18. The molecule has 1 heterocycles. The molecule has 0 fully saturated rings. The van der Waals surface area contributed by atoms with Crippen molar-refractivity contribution in [1.82, 2.24) is 4.57 Å². The maximum Gasteiger partial charge on any atom is 0.352 e. The Labute approximate surface area is 152 Å². The van der Waals surface area contributed by atoms with Crippen LogP contribution >= 0.6 is 0 Å². The third-order valence-corrected chi connectivity index (χ3v) is 4.04. The highest BCUT2D eigenvalue weighted by molar-refractivity contribution is 6.11. The Morgan fingerprint density at radius 1 is 1.04 bits per heavy atom. The van der Waals surface area contributed by atoms with Crippen LogP contribution in [-0.4, -0.2) is 25.5 Å². The fourth-order valence-electron chi connectivity index (χ4n) is 2.62. The lowest BCUT2D eigenvalue weighted by Gasteiger charge is -2.09. The molecule has 8 nitrogen and oxygen atoms in total. The van der Waals surface area contributed by atoms with Gasteiger partial charge >= 0.3 is 5.69 Å². The first-order valence-electron chi connectivity index (χ1n) is 7.83. The molecule has 0 saturated heterocycles. The molecule has 0 aliphatic heterocycles. The molecule has 27 heavy (non-hydrogen) atoms. The molecule has 0 saturated carbocycles. The van der Waals surface area contributed by atoms with E-state index in [2.05, 4.69) is 0 Å². The summed E-state index contributed by atoms with van der Waals surface area (Å²) in [6, 6.07) is 11.6. The summed E-state index contributed by atoms with van der Waals surface area (Å²) < 4.78 is 1.26. The number of hydrogen-bond donors (Lipinski definition) is 2. The summed E-state index contributed by atoms with van der Waals surface area (Å²) in [5.74, 6) is -2.41. The van der Waals surface area contributed by atoms with Crippen LogP contribution in [0.15, 0.2) is 59.5 Å². The van der Waals surface area contributed by atoms with E-state index < -0.39 is 27.9 Å². The van der Waals surface area contributed by atoms with Gasteiger partial charge in [0.05, 0.1) is 10.5 Å². The van der Waals surface area contributed by atoms with Crippen molar-refractivity contribution in [3.63, 3.8) is 0 Å². The second kappa shape index (κ2) is 6.75. The van der Waals surface area contributed by atoms with Gasteiger partial charge in [0, 0.05) is 23.5 Å². The van der Waals surface area contributed by atoms with E-state index in [1.54, 1.807) is 12.1 Å². The van der Waals surface area contributed by atoms with Crippen LogP contribution in [0.5, 0.6) is 11.5 Å². The van der Waals surface area contributed by atoms with Crippen LogP contribution in [0, 0.1) is 17.0 Å². The van der Waals surface area contributed by atoms with Gasteiger partial charge in [0.25, 0.3) is 5.56 Å². The lowest BCUT2D eigenvalue weighted by molar-refractivity contribution is -0.386. The standard InChI is InChI=1S/C19H14N2O6/c1-11-2-5-13(6-3-11)20-10-12(4-9-16(20)23)18(24)14-7-8-15(22)17(19(14)25)21(26)27/h2-10,22,25H,1H3. The Morgan fingerprint density at radius 3 is 2.33 bits per heavy atom. The number of phenolic OH excluding ortho intramolecular Hbond substituents is 2. The first-order valence-corrected chi connectivity index (χ1v) is 7.83. The average molecular weight is 366 g/mol. The monoisotopic (exact) mass is 366 g/mol. The van der Waals surface area contributed by atoms with Gasteiger partial charge in [0.1, 0.15) is 0 Å². The molecular weight excluding hydrogens is 352 g/mol. The quantitative estimate of drug-likeness (QED) is 0.416. The van der Waals surface area contributed by atoms with Gasteiger partial charge in [0.15, 0.2) is 11.5 Å². The van der Waals surface area contributed by atoms with Gasteiger partial charge in [-0.1, -0.05) is 17.7 Å². The lowest BCUT2D eigenvalue weighted by atomic mass is 10.0. The highest BCUT2D eigenvalue weighted by Crippen LogP contribution is 2.38. The van der Waals surface area contributed by atoms with Crippen molar-refractivity contribution in [2.45, 2.75) is 6.92 Å². The number of carbonyl (C=O) groups is 1. The molecule has 3 rings (SSSR count). The van der Waals surface area contributed by atoms with Gasteiger partial charge in [-0.15, -0.1) is 0 Å². The summed E-state index contributed by atoms with van der Waals surface area (Å²) in [7, 11) is 0. The molecule has 0 bridgehead atoms. The van der Waals surface area contributed by atoms with Crippen LogP contribution in [0.4, 0.5) is 5.69 Å². The van der Waals surface area contributed by atoms with Crippen LogP contribution in [0.3, 0.4) is 0 Å². The van der Waals surface area contributed by atoms with Gasteiger partial charge < -0.3 is 10.2 Å². The zero-order valence-electron chi connectivity index (χ0n) is 14.1.